The molecule has 1 aliphatic rings. The molecule has 0 amide bonds. The fourth-order valence-corrected chi connectivity index (χ4v) is 0.363. The fourth-order valence-electron chi connectivity index (χ4n) is 0.363. The van der Waals surface area contributed by atoms with Crippen LogP contribution in [-0.4, -0.2) is 6.04 Å². The minimum atomic E-state index is 0.185. The van der Waals surface area contributed by atoms with E-state index in [0.29, 0.717) is 0 Å². The van der Waals surface area contributed by atoms with Gasteiger partial charge >= 0.3 is 0 Å². The average Bonchev–Trinajstić information content (AvgIpc) is 2.19. The number of rotatable bonds is 0. The second-order valence-electron chi connectivity index (χ2n) is 1.64. The summed E-state index contributed by atoms with van der Waals surface area (Å²) in [5, 5.41) is 8.05. The Morgan fingerprint density at radius 1 is 1.83 bits per heavy atom. The summed E-state index contributed by atoms with van der Waals surface area (Å²) in [7, 11) is 0. The molecule has 0 spiro atoms. The zero-order valence-corrected chi connectivity index (χ0v) is 3.39. The smallest absolute Gasteiger partial charge is 0.0672 e. The van der Waals surface area contributed by atoms with Gasteiger partial charge in [-0.25, -0.2) is 0 Å². The molecule has 2 N–H and O–H groups in total. The molecule has 2 atom stereocenters. The van der Waals surface area contributed by atoms with Gasteiger partial charge in [0, 0.05) is 6.04 Å². The van der Waals surface area contributed by atoms with Crippen molar-refractivity contribution in [1.82, 2.24) is 0 Å². The predicted molar refractivity (Wildman–Crippen MR) is 21.7 cm³/mol. The van der Waals surface area contributed by atoms with E-state index >= 15 is 0 Å². The lowest BCUT2D eigenvalue weighted by atomic mass is 10.5. The molecule has 0 aliphatic heterocycles. The van der Waals surface area contributed by atoms with E-state index in [0.717, 1.165) is 6.42 Å². The van der Waals surface area contributed by atoms with Crippen LogP contribution in [0.5, 0.6) is 0 Å². The molecular formula is C4H6N2. The molecule has 1 fully saturated rings. The van der Waals surface area contributed by atoms with E-state index in [9.17, 15) is 0 Å². The summed E-state index contributed by atoms with van der Waals surface area (Å²) in [5.41, 5.74) is 5.25. The van der Waals surface area contributed by atoms with Crippen molar-refractivity contribution in [1.29, 1.82) is 5.26 Å². The summed E-state index contributed by atoms with van der Waals surface area (Å²) in [4.78, 5) is 0. The van der Waals surface area contributed by atoms with Crippen LogP contribution >= 0.6 is 0 Å². The zero-order chi connectivity index (χ0) is 4.57. The van der Waals surface area contributed by atoms with Crippen molar-refractivity contribution in [3.8, 4) is 6.07 Å². The molecule has 1 aliphatic carbocycles. The van der Waals surface area contributed by atoms with E-state index in [1.165, 1.54) is 0 Å². The molecule has 0 aromatic carbocycles. The topological polar surface area (TPSA) is 49.8 Å². The molecule has 1 rings (SSSR count). The molecule has 0 aromatic heterocycles. The summed E-state index contributed by atoms with van der Waals surface area (Å²) >= 11 is 0. The van der Waals surface area contributed by atoms with Gasteiger partial charge in [0.25, 0.3) is 0 Å². The lowest BCUT2D eigenvalue weighted by Gasteiger charge is -1.67. The van der Waals surface area contributed by atoms with Crippen molar-refractivity contribution in [3.05, 3.63) is 0 Å². The highest BCUT2D eigenvalue weighted by Crippen LogP contribution is 2.25. The van der Waals surface area contributed by atoms with Gasteiger partial charge in [-0.2, -0.15) is 5.26 Å². The normalized spacial score (nSPS) is 41.3. The molecule has 0 unspecified atom stereocenters. The molecule has 1 saturated carbocycles. The van der Waals surface area contributed by atoms with Gasteiger partial charge < -0.3 is 5.73 Å². The van der Waals surface area contributed by atoms with Gasteiger partial charge in [-0.3, -0.25) is 0 Å². The Labute approximate surface area is 36.6 Å². The maximum absolute atomic E-state index is 8.05. The van der Waals surface area contributed by atoms with E-state index in [1.54, 1.807) is 0 Å². The Morgan fingerprint density at radius 3 is 2.33 bits per heavy atom. The van der Waals surface area contributed by atoms with Gasteiger partial charge in [0.2, 0.25) is 0 Å². The Kier molecular flexibility index (Phi) is 0.578. The average molecular weight is 82.1 g/mol. The van der Waals surface area contributed by atoms with Gasteiger partial charge in [-0.1, -0.05) is 0 Å². The molecule has 0 heterocycles. The van der Waals surface area contributed by atoms with Crippen LogP contribution in [0, 0.1) is 17.2 Å². The molecule has 0 bridgehead atoms. The van der Waals surface area contributed by atoms with Crippen LogP contribution in [0.15, 0.2) is 0 Å². The molecule has 2 nitrogen and oxygen atoms in total. The molecule has 6 heavy (non-hydrogen) atoms. The Bertz CT molecular complexity index is 92.2. The van der Waals surface area contributed by atoms with Gasteiger partial charge in [0.1, 0.15) is 0 Å². The molecule has 0 radical (unpaired) electrons. The molecule has 0 aromatic rings. The third-order valence-corrected chi connectivity index (χ3v) is 1.01. The maximum atomic E-state index is 8.05. The Morgan fingerprint density at radius 2 is 2.33 bits per heavy atom. The monoisotopic (exact) mass is 82.1 g/mol. The number of nitrogens with zero attached hydrogens (tertiary/aromatic N) is 1. The van der Waals surface area contributed by atoms with Crippen molar-refractivity contribution < 1.29 is 0 Å². The van der Waals surface area contributed by atoms with Crippen LogP contribution in [0.4, 0.5) is 0 Å². The Balaban J connectivity index is 2.31. The molecule has 0 saturated heterocycles. The fraction of sp³-hybridized carbons (Fsp3) is 0.750. The molecule has 32 valence electrons. The minimum absolute atomic E-state index is 0.185. The highest BCUT2D eigenvalue weighted by molar-refractivity contribution is 5.04. The van der Waals surface area contributed by atoms with Crippen molar-refractivity contribution in [2.24, 2.45) is 11.7 Å². The van der Waals surface area contributed by atoms with E-state index in [1.807, 2.05) is 0 Å². The number of nitrogens with two attached hydrogens (primary N) is 1. The quantitative estimate of drug-likeness (QED) is 0.442. The summed E-state index contributed by atoms with van der Waals surface area (Å²) < 4.78 is 0. The second-order valence-corrected chi connectivity index (χ2v) is 1.64. The van der Waals surface area contributed by atoms with Crippen LogP contribution in [0.1, 0.15) is 6.42 Å². The van der Waals surface area contributed by atoms with Crippen LogP contribution in [0.3, 0.4) is 0 Å². The largest absolute Gasteiger partial charge is 0.326 e. The SMILES string of the molecule is N#C[C@H]1C[C@@H]1N. The van der Waals surface area contributed by atoms with Gasteiger partial charge in [-0.05, 0) is 6.42 Å². The molecule has 2 heteroatoms. The zero-order valence-electron chi connectivity index (χ0n) is 3.39. The predicted octanol–water partition coefficient (Wildman–Crippen LogP) is -0.143. The first kappa shape index (κ1) is 3.63. The van der Waals surface area contributed by atoms with Crippen molar-refractivity contribution in [3.63, 3.8) is 0 Å². The lowest BCUT2D eigenvalue weighted by molar-refractivity contribution is 0.985. The van der Waals surface area contributed by atoms with Crippen LogP contribution < -0.4 is 5.73 Å². The minimum Gasteiger partial charge on any atom is -0.326 e. The van der Waals surface area contributed by atoms with Crippen LogP contribution in [-0.2, 0) is 0 Å². The second kappa shape index (κ2) is 0.954. The lowest BCUT2D eigenvalue weighted by Crippen LogP contribution is -1.99. The van der Waals surface area contributed by atoms with E-state index in [-0.39, 0.29) is 12.0 Å². The summed E-state index contributed by atoms with van der Waals surface area (Å²) in [5.74, 6) is 0.185. The number of nitriles is 1. The van der Waals surface area contributed by atoms with Crippen LogP contribution in [0.2, 0.25) is 0 Å². The first-order valence-corrected chi connectivity index (χ1v) is 2.00. The maximum Gasteiger partial charge on any atom is 0.0672 e. The third kappa shape index (κ3) is 0.373. The highest BCUT2D eigenvalue weighted by atomic mass is 14.7. The van der Waals surface area contributed by atoms with E-state index < -0.39 is 0 Å². The van der Waals surface area contributed by atoms with Crippen LogP contribution in [0.25, 0.3) is 0 Å². The van der Waals surface area contributed by atoms with E-state index in [4.69, 9.17) is 11.0 Å². The molecular weight excluding hydrogens is 76.1 g/mol. The summed E-state index contributed by atoms with van der Waals surface area (Å²) in [6, 6.07) is 2.27. The van der Waals surface area contributed by atoms with E-state index in [2.05, 4.69) is 6.07 Å². The third-order valence-electron chi connectivity index (χ3n) is 1.01. The van der Waals surface area contributed by atoms with Gasteiger partial charge in [0.05, 0.1) is 12.0 Å². The van der Waals surface area contributed by atoms with Crippen molar-refractivity contribution >= 4 is 0 Å². The van der Waals surface area contributed by atoms with Gasteiger partial charge in [-0.15, -0.1) is 0 Å². The van der Waals surface area contributed by atoms with Crippen molar-refractivity contribution in [2.45, 2.75) is 12.5 Å². The highest BCUT2D eigenvalue weighted by Gasteiger charge is 2.32. The number of hydrogen-bond acceptors (Lipinski definition) is 2. The van der Waals surface area contributed by atoms with Crippen molar-refractivity contribution in [2.75, 3.05) is 0 Å². The Hall–Kier alpha value is -0.550. The number of hydrogen-bond donors (Lipinski definition) is 1. The summed E-state index contributed by atoms with van der Waals surface area (Å²) in [6.07, 6.45) is 0.913. The first-order valence-electron chi connectivity index (χ1n) is 2.00. The standard InChI is InChI=1S/C4H6N2/c5-2-3-1-4(3)6/h3-4H,1,6H2/t3-,4+/m1/s1. The first-order chi connectivity index (χ1) is 2.84. The summed E-state index contributed by atoms with van der Waals surface area (Å²) in [6.45, 7) is 0. The van der Waals surface area contributed by atoms with Gasteiger partial charge in [0.15, 0.2) is 0 Å².